The number of carbonyl (C=O) groups excluding carboxylic acids is 1. The van der Waals surface area contributed by atoms with Crippen LogP contribution in [0.15, 0.2) is 58.1 Å². The Morgan fingerprint density at radius 1 is 1.38 bits per heavy atom. The van der Waals surface area contributed by atoms with E-state index < -0.39 is 17.7 Å². The summed E-state index contributed by atoms with van der Waals surface area (Å²) in [5.74, 6) is -0.0797. The number of hydrogen-bond donors (Lipinski definition) is 2. The molecule has 3 unspecified atom stereocenters. The van der Waals surface area contributed by atoms with E-state index in [2.05, 4.69) is 19.1 Å². The number of furan rings is 1. The second-order valence-electron chi connectivity index (χ2n) is 9.10. The molecule has 0 saturated carbocycles. The van der Waals surface area contributed by atoms with Gasteiger partial charge in [0.2, 0.25) is 0 Å². The van der Waals surface area contributed by atoms with Gasteiger partial charge in [-0.05, 0) is 70.4 Å². The molecule has 32 heavy (non-hydrogen) atoms. The molecule has 0 bridgehead atoms. The largest absolute Gasteiger partial charge is 0.508 e. The molecule has 1 aromatic rings. The van der Waals surface area contributed by atoms with Crippen molar-refractivity contribution in [3.05, 3.63) is 59.3 Å². The van der Waals surface area contributed by atoms with Crippen LogP contribution < -0.4 is 0 Å². The Morgan fingerprint density at radius 3 is 2.72 bits per heavy atom. The molecule has 1 aromatic heterocycles. The van der Waals surface area contributed by atoms with Gasteiger partial charge in [-0.1, -0.05) is 30.7 Å². The molecule has 0 amide bonds. The van der Waals surface area contributed by atoms with Gasteiger partial charge in [-0.3, -0.25) is 0 Å². The minimum atomic E-state index is -0.947. The lowest BCUT2D eigenvalue weighted by Crippen LogP contribution is -2.39. The molecule has 0 spiro atoms. The standard InChI is InChI=1S/C26H38O6/c1-18(8-6-9-19(2)16-22-24(27)20(3)25(28)32-22)11-12-23(30-5)26(4,29)14-7-10-21-13-15-31-17-21/h9,11-13,15,17-18,22-23,27,29H,6-8,10,14,16H2,1-5H3/b12-11+,19-9-/t18?,22-,23?,26?/m0/s1. The molecular formula is C26H38O6. The summed E-state index contributed by atoms with van der Waals surface area (Å²) in [4.78, 5) is 11.5. The zero-order valence-electron chi connectivity index (χ0n) is 20.0. The van der Waals surface area contributed by atoms with Crippen LogP contribution in [0.5, 0.6) is 0 Å². The number of rotatable bonds is 13. The molecular weight excluding hydrogens is 408 g/mol. The van der Waals surface area contributed by atoms with E-state index in [1.165, 1.54) is 0 Å². The first-order chi connectivity index (χ1) is 15.1. The van der Waals surface area contributed by atoms with E-state index in [-0.39, 0.29) is 11.9 Å². The van der Waals surface area contributed by atoms with Gasteiger partial charge in [0, 0.05) is 13.5 Å². The van der Waals surface area contributed by atoms with Crippen LogP contribution in [0.4, 0.5) is 0 Å². The lowest BCUT2D eigenvalue weighted by atomic mass is 9.90. The van der Waals surface area contributed by atoms with Gasteiger partial charge in [0.1, 0.15) is 11.9 Å². The Hall–Kier alpha value is -2.31. The molecule has 0 fully saturated rings. The monoisotopic (exact) mass is 446 g/mol. The number of cyclic esters (lactones) is 1. The minimum absolute atomic E-state index is 0.0430. The average Bonchev–Trinajstić information content (AvgIpc) is 3.33. The summed E-state index contributed by atoms with van der Waals surface area (Å²) >= 11 is 0. The third-order valence-electron chi connectivity index (χ3n) is 6.08. The molecule has 4 atom stereocenters. The highest BCUT2D eigenvalue weighted by atomic mass is 16.6. The molecule has 2 rings (SSSR count). The predicted molar refractivity (Wildman–Crippen MR) is 124 cm³/mol. The first-order valence-electron chi connectivity index (χ1n) is 11.3. The molecule has 6 nitrogen and oxygen atoms in total. The summed E-state index contributed by atoms with van der Waals surface area (Å²) in [5.41, 5.74) is 1.56. The number of ether oxygens (including phenoxy) is 2. The lowest BCUT2D eigenvalue weighted by Gasteiger charge is -2.30. The van der Waals surface area contributed by atoms with E-state index in [9.17, 15) is 15.0 Å². The Labute approximate surface area is 191 Å². The summed E-state index contributed by atoms with van der Waals surface area (Å²) in [6.45, 7) is 7.52. The first-order valence-corrected chi connectivity index (χ1v) is 11.3. The van der Waals surface area contributed by atoms with Crippen molar-refractivity contribution >= 4 is 5.97 Å². The summed E-state index contributed by atoms with van der Waals surface area (Å²) in [6.07, 6.45) is 13.3. The normalized spacial score (nSPS) is 21.1. The van der Waals surface area contributed by atoms with Crippen molar-refractivity contribution in [2.24, 2.45) is 5.92 Å². The Kier molecular flexibility index (Phi) is 9.79. The van der Waals surface area contributed by atoms with Crippen LogP contribution in [-0.2, 0) is 20.7 Å². The van der Waals surface area contributed by atoms with E-state index in [4.69, 9.17) is 13.9 Å². The van der Waals surface area contributed by atoms with Gasteiger partial charge >= 0.3 is 5.97 Å². The fourth-order valence-electron chi connectivity index (χ4n) is 3.88. The molecule has 2 N–H and O–H groups in total. The van der Waals surface area contributed by atoms with Gasteiger partial charge in [-0.2, -0.15) is 0 Å². The zero-order valence-corrected chi connectivity index (χ0v) is 20.0. The second kappa shape index (κ2) is 12.1. The van der Waals surface area contributed by atoms with E-state index >= 15 is 0 Å². The second-order valence-corrected chi connectivity index (χ2v) is 9.10. The van der Waals surface area contributed by atoms with Crippen LogP contribution in [0.1, 0.15) is 65.4 Å². The molecule has 0 saturated heterocycles. The molecule has 178 valence electrons. The number of allylic oxidation sites excluding steroid dienone is 2. The van der Waals surface area contributed by atoms with Crippen molar-refractivity contribution in [1.82, 2.24) is 0 Å². The third kappa shape index (κ3) is 7.68. The van der Waals surface area contributed by atoms with E-state index in [0.717, 1.165) is 36.8 Å². The van der Waals surface area contributed by atoms with Gasteiger partial charge in [-0.25, -0.2) is 4.79 Å². The molecule has 1 aliphatic rings. The summed E-state index contributed by atoms with van der Waals surface area (Å²) in [6, 6.07) is 1.95. The smallest absolute Gasteiger partial charge is 0.338 e. The fourth-order valence-corrected chi connectivity index (χ4v) is 3.88. The Balaban J connectivity index is 1.77. The van der Waals surface area contributed by atoms with Crippen LogP contribution in [-0.4, -0.2) is 41.1 Å². The van der Waals surface area contributed by atoms with E-state index in [1.807, 2.05) is 26.0 Å². The average molecular weight is 447 g/mol. The maximum Gasteiger partial charge on any atom is 0.338 e. The summed E-state index contributed by atoms with van der Waals surface area (Å²) in [5, 5.41) is 20.9. The molecule has 0 aromatic carbocycles. The zero-order chi connectivity index (χ0) is 23.7. The number of methoxy groups -OCH3 is 1. The Morgan fingerprint density at radius 2 is 2.12 bits per heavy atom. The predicted octanol–water partition coefficient (Wildman–Crippen LogP) is 5.43. The van der Waals surface area contributed by atoms with Gasteiger partial charge in [0.15, 0.2) is 6.10 Å². The van der Waals surface area contributed by atoms with Crippen LogP contribution in [0.25, 0.3) is 0 Å². The van der Waals surface area contributed by atoms with Crippen molar-refractivity contribution in [2.75, 3.05) is 7.11 Å². The molecule has 1 aliphatic heterocycles. The minimum Gasteiger partial charge on any atom is -0.508 e. The highest BCUT2D eigenvalue weighted by Crippen LogP contribution is 2.26. The highest BCUT2D eigenvalue weighted by molar-refractivity contribution is 5.91. The van der Waals surface area contributed by atoms with Crippen LogP contribution in [0.3, 0.4) is 0 Å². The molecule has 0 radical (unpaired) electrons. The van der Waals surface area contributed by atoms with E-state index in [1.54, 1.807) is 26.6 Å². The van der Waals surface area contributed by atoms with Crippen LogP contribution >= 0.6 is 0 Å². The number of aryl methyl sites for hydroxylation is 1. The highest BCUT2D eigenvalue weighted by Gasteiger charge is 2.31. The van der Waals surface area contributed by atoms with Crippen molar-refractivity contribution in [2.45, 2.75) is 84.0 Å². The summed E-state index contributed by atoms with van der Waals surface area (Å²) < 4.78 is 15.8. The summed E-state index contributed by atoms with van der Waals surface area (Å²) in [7, 11) is 1.62. The topological polar surface area (TPSA) is 89.1 Å². The van der Waals surface area contributed by atoms with Crippen LogP contribution in [0, 0.1) is 5.92 Å². The van der Waals surface area contributed by atoms with Crippen molar-refractivity contribution in [1.29, 1.82) is 0 Å². The maximum absolute atomic E-state index is 11.5. The number of aliphatic hydroxyl groups excluding tert-OH is 1. The maximum atomic E-state index is 11.5. The van der Waals surface area contributed by atoms with Crippen molar-refractivity contribution < 1.29 is 28.9 Å². The number of hydrogen-bond acceptors (Lipinski definition) is 6. The third-order valence-corrected chi connectivity index (χ3v) is 6.08. The van der Waals surface area contributed by atoms with Crippen LogP contribution in [0.2, 0.25) is 0 Å². The lowest BCUT2D eigenvalue weighted by molar-refractivity contribution is -0.140. The number of aliphatic hydroxyl groups is 2. The van der Waals surface area contributed by atoms with Gasteiger partial charge in [-0.15, -0.1) is 0 Å². The van der Waals surface area contributed by atoms with Crippen molar-refractivity contribution in [3.8, 4) is 0 Å². The van der Waals surface area contributed by atoms with E-state index in [0.29, 0.717) is 24.3 Å². The fraction of sp³-hybridized carbons (Fsp3) is 0.577. The quantitative estimate of drug-likeness (QED) is 0.310. The first kappa shape index (κ1) is 25.9. The van der Waals surface area contributed by atoms with Gasteiger partial charge in [0.05, 0.1) is 23.7 Å². The Bertz CT molecular complexity index is 815. The molecule has 0 aliphatic carbocycles. The van der Waals surface area contributed by atoms with Gasteiger partial charge in [0.25, 0.3) is 0 Å². The number of carbonyl (C=O) groups is 1. The SMILES string of the molecule is COC(/C=C/C(C)CC/C=C(/C)C[C@@H]1OC(=O)C(C)=C1O)C(C)(O)CCCc1ccoc1. The van der Waals surface area contributed by atoms with Gasteiger partial charge < -0.3 is 24.1 Å². The molecule has 2 heterocycles. The molecule has 6 heteroatoms. The van der Waals surface area contributed by atoms with Crippen molar-refractivity contribution in [3.63, 3.8) is 0 Å². The number of esters is 1.